The van der Waals surface area contributed by atoms with Crippen molar-refractivity contribution in [2.24, 2.45) is 0 Å². The third kappa shape index (κ3) is 2.89. The van der Waals surface area contributed by atoms with E-state index in [1.54, 1.807) is 29.4 Å². The lowest BCUT2D eigenvalue weighted by molar-refractivity contribution is 0.139. The van der Waals surface area contributed by atoms with Crippen LogP contribution in [0.1, 0.15) is 12.1 Å². The van der Waals surface area contributed by atoms with Gasteiger partial charge in [0.2, 0.25) is 0 Å². The van der Waals surface area contributed by atoms with Crippen LogP contribution in [0.2, 0.25) is 5.02 Å². The first-order valence-electron chi connectivity index (χ1n) is 8.35. The average molecular weight is 372 g/mol. The quantitative estimate of drug-likeness (QED) is 0.564. The molecule has 0 aliphatic carbocycles. The number of aromatic amines is 1. The van der Waals surface area contributed by atoms with E-state index in [2.05, 4.69) is 15.2 Å². The normalized spacial score (nSPS) is 12.9. The van der Waals surface area contributed by atoms with E-state index in [4.69, 9.17) is 11.6 Å². The Morgan fingerprint density at radius 1 is 1.38 bits per heavy atom. The summed E-state index contributed by atoms with van der Waals surface area (Å²) in [4.78, 5) is 17.0. The maximum atomic E-state index is 13.0. The van der Waals surface area contributed by atoms with Crippen LogP contribution in [0.25, 0.3) is 21.8 Å². The highest BCUT2D eigenvalue weighted by Gasteiger charge is 2.16. The van der Waals surface area contributed by atoms with E-state index in [0.717, 1.165) is 16.6 Å². The Hall–Kier alpha value is -2.64. The van der Waals surface area contributed by atoms with Gasteiger partial charge in [-0.15, -0.1) is 0 Å². The third-order valence-corrected chi connectivity index (χ3v) is 4.81. The second-order valence-corrected chi connectivity index (χ2v) is 6.83. The Morgan fingerprint density at radius 3 is 3.00 bits per heavy atom. The Kier molecular flexibility index (Phi) is 4.26. The van der Waals surface area contributed by atoms with Crippen molar-refractivity contribution in [3.05, 3.63) is 58.0 Å². The summed E-state index contributed by atoms with van der Waals surface area (Å²) in [6.45, 7) is 2.66. The van der Waals surface area contributed by atoms with Crippen molar-refractivity contribution < 1.29 is 5.11 Å². The van der Waals surface area contributed by atoms with Crippen molar-refractivity contribution in [3.63, 3.8) is 0 Å². The molecule has 1 atom stereocenters. The van der Waals surface area contributed by atoms with Crippen LogP contribution in [0.4, 0.5) is 0 Å². The smallest absolute Gasteiger partial charge is 0.262 e. The maximum Gasteiger partial charge on any atom is 0.262 e. The number of hydrogen-bond acceptors (Lipinski definition) is 4. The SMILES string of the molecule is Cc1[nH]nc2c1c(=O)n(CCC(O)Cn1ccnc1)c1ccc(Cl)cc21. The van der Waals surface area contributed by atoms with Gasteiger partial charge in [0.1, 0.15) is 5.52 Å². The number of nitrogens with one attached hydrogen (secondary N) is 1. The van der Waals surface area contributed by atoms with Crippen molar-refractivity contribution >= 4 is 33.4 Å². The number of hydrogen-bond donors (Lipinski definition) is 2. The topological polar surface area (TPSA) is 88.7 Å². The molecule has 0 saturated carbocycles. The molecule has 0 radical (unpaired) electrons. The fraction of sp³-hybridized carbons (Fsp3) is 0.278. The number of aryl methyl sites for hydroxylation is 2. The number of aliphatic hydroxyl groups is 1. The molecule has 26 heavy (non-hydrogen) atoms. The molecular weight excluding hydrogens is 354 g/mol. The van der Waals surface area contributed by atoms with Gasteiger partial charge in [-0.3, -0.25) is 9.89 Å². The van der Waals surface area contributed by atoms with Crippen molar-refractivity contribution in [1.82, 2.24) is 24.3 Å². The lowest BCUT2D eigenvalue weighted by Crippen LogP contribution is -2.25. The summed E-state index contributed by atoms with van der Waals surface area (Å²) in [5.41, 5.74) is 1.99. The predicted octanol–water partition coefficient (Wildman–Crippen LogP) is 2.49. The van der Waals surface area contributed by atoms with Crippen LogP contribution in [0.3, 0.4) is 0 Å². The molecule has 1 aromatic carbocycles. The number of aromatic nitrogens is 5. The molecule has 2 N–H and O–H groups in total. The minimum atomic E-state index is -0.584. The summed E-state index contributed by atoms with van der Waals surface area (Å²) in [7, 11) is 0. The number of benzene rings is 1. The van der Waals surface area contributed by atoms with Crippen LogP contribution in [0.5, 0.6) is 0 Å². The molecule has 7 nitrogen and oxygen atoms in total. The van der Waals surface area contributed by atoms with Crippen LogP contribution >= 0.6 is 11.6 Å². The number of rotatable bonds is 5. The van der Waals surface area contributed by atoms with Crippen LogP contribution in [0.15, 0.2) is 41.7 Å². The van der Waals surface area contributed by atoms with Gasteiger partial charge >= 0.3 is 0 Å². The standard InChI is InChI=1S/C18H18ClN5O2/c1-11-16-17(22-21-11)14-8-12(19)2-3-15(14)24(18(16)26)6-4-13(25)9-23-7-5-20-10-23/h2-3,5,7-8,10,13,25H,4,6,9H2,1H3,(H,21,22). The molecule has 3 aromatic heterocycles. The van der Waals surface area contributed by atoms with Gasteiger partial charge in [-0.05, 0) is 31.5 Å². The van der Waals surface area contributed by atoms with E-state index >= 15 is 0 Å². The fourth-order valence-corrected chi connectivity index (χ4v) is 3.46. The molecule has 1 unspecified atom stereocenters. The van der Waals surface area contributed by atoms with Gasteiger partial charge in [0.05, 0.1) is 23.3 Å². The zero-order valence-electron chi connectivity index (χ0n) is 14.2. The van der Waals surface area contributed by atoms with Crippen LogP contribution in [-0.4, -0.2) is 35.5 Å². The summed E-state index contributed by atoms with van der Waals surface area (Å²) < 4.78 is 3.50. The first kappa shape index (κ1) is 16.8. The first-order valence-corrected chi connectivity index (χ1v) is 8.73. The monoisotopic (exact) mass is 371 g/mol. The average Bonchev–Trinajstić information content (AvgIpc) is 3.25. The number of H-pyrrole nitrogens is 1. The van der Waals surface area contributed by atoms with Gasteiger partial charge < -0.3 is 14.2 Å². The molecular formula is C18H18ClN5O2. The number of nitrogens with zero attached hydrogens (tertiary/aromatic N) is 4. The largest absolute Gasteiger partial charge is 0.391 e. The van der Waals surface area contributed by atoms with Gasteiger partial charge in [0.15, 0.2) is 0 Å². The van der Waals surface area contributed by atoms with E-state index in [9.17, 15) is 9.90 Å². The van der Waals surface area contributed by atoms with E-state index in [-0.39, 0.29) is 5.56 Å². The molecule has 0 amide bonds. The molecule has 0 spiro atoms. The van der Waals surface area contributed by atoms with E-state index in [0.29, 0.717) is 35.4 Å². The Labute approximate surface area is 153 Å². The third-order valence-electron chi connectivity index (χ3n) is 4.58. The second-order valence-electron chi connectivity index (χ2n) is 6.39. The molecule has 4 rings (SSSR count). The van der Waals surface area contributed by atoms with Crippen molar-refractivity contribution in [1.29, 1.82) is 0 Å². The summed E-state index contributed by atoms with van der Waals surface area (Å²) in [6.07, 6.45) is 4.99. The number of halogens is 1. The van der Waals surface area contributed by atoms with Crippen LogP contribution in [-0.2, 0) is 13.1 Å². The van der Waals surface area contributed by atoms with Gasteiger partial charge in [0.25, 0.3) is 5.56 Å². The van der Waals surface area contributed by atoms with Gasteiger partial charge in [-0.25, -0.2) is 4.98 Å². The molecule has 3 heterocycles. The highest BCUT2D eigenvalue weighted by Crippen LogP contribution is 2.26. The highest BCUT2D eigenvalue weighted by molar-refractivity contribution is 6.31. The number of fused-ring (bicyclic) bond motifs is 3. The van der Waals surface area contributed by atoms with Gasteiger partial charge in [-0.2, -0.15) is 5.10 Å². The van der Waals surface area contributed by atoms with Gasteiger partial charge in [0, 0.05) is 41.6 Å². The summed E-state index contributed by atoms with van der Waals surface area (Å²) in [6, 6.07) is 5.40. The zero-order valence-corrected chi connectivity index (χ0v) is 14.9. The molecule has 0 bridgehead atoms. The molecule has 0 aliphatic rings. The summed E-state index contributed by atoms with van der Waals surface area (Å²) in [5, 5.41) is 19.4. The predicted molar refractivity (Wildman–Crippen MR) is 100 cm³/mol. The summed E-state index contributed by atoms with van der Waals surface area (Å²) in [5.74, 6) is 0. The molecule has 4 aromatic rings. The minimum absolute atomic E-state index is 0.115. The van der Waals surface area contributed by atoms with E-state index in [1.165, 1.54) is 0 Å². The summed E-state index contributed by atoms with van der Waals surface area (Å²) >= 11 is 6.15. The molecule has 134 valence electrons. The first-order chi connectivity index (χ1) is 12.5. The number of aliphatic hydroxyl groups excluding tert-OH is 1. The van der Waals surface area contributed by atoms with Crippen molar-refractivity contribution in [2.75, 3.05) is 0 Å². The molecule has 8 heteroatoms. The fourth-order valence-electron chi connectivity index (χ4n) is 3.29. The Balaban J connectivity index is 1.74. The lowest BCUT2D eigenvalue weighted by atomic mass is 10.1. The minimum Gasteiger partial charge on any atom is -0.391 e. The van der Waals surface area contributed by atoms with Crippen LogP contribution in [0, 0.1) is 6.92 Å². The van der Waals surface area contributed by atoms with Crippen molar-refractivity contribution in [3.8, 4) is 0 Å². The molecule has 0 aliphatic heterocycles. The van der Waals surface area contributed by atoms with E-state index < -0.39 is 6.10 Å². The Bertz CT molecular complexity index is 1130. The second kappa shape index (κ2) is 6.59. The molecule has 0 saturated heterocycles. The van der Waals surface area contributed by atoms with Crippen molar-refractivity contribution in [2.45, 2.75) is 32.5 Å². The van der Waals surface area contributed by atoms with E-state index in [1.807, 2.05) is 23.6 Å². The highest BCUT2D eigenvalue weighted by atomic mass is 35.5. The number of pyridine rings is 1. The lowest BCUT2D eigenvalue weighted by Gasteiger charge is -2.15. The molecule has 0 fully saturated rings. The maximum absolute atomic E-state index is 13.0. The number of imidazole rings is 1. The van der Waals surface area contributed by atoms with Gasteiger partial charge in [-0.1, -0.05) is 11.6 Å². The van der Waals surface area contributed by atoms with Crippen LogP contribution < -0.4 is 5.56 Å². The zero-order chi connectivity index (χ0) is 18.3. The Morgan fingerprint density at radius 2 is 2.23 bits per heavy atom.